The van der Waals surface area contributed by atoms with E-state index in [4.69, 9.17) is 14.7 Å². The van der Waals surface area contributed by atoms with E-state index in [0.717, 1.165) is 49.3 Å². The molecule has 0 radical (unpaired) electrons. The van der Waals surface area contributed by atoms with Gasteiger partial charge in [0.05, 0.1) is 25.1 Å². The predicted molar refractivity (Wildman–Crippen MR) is 89.7 cm³/mol. The van der Waals surface area contributed by atoms with E-state index in [0.29, 0.717) is 0 Å². The lowest BCUT2D eigenvalue weighted by Crippen LogP contribution is -2.36. The molecule has 1 saturated heterocycles. The highest BCUT2D eigenvalue weighted by molar-refractivity contribution is 7.19. The van der Waals surface area contributed by atoms with Gasteiger partial charge in [-0.1, -0.05) is 0 Å². The van der Waals surface area contributed by atoms with Crippen molar-refractivity contribution >= 4 is 27.4 Å². The lowest BCUT2D eigenvalue weighted by molar-refractivity contribution is 0.0331. The van der Waals surface area contributed by atoms with Crippen LogP contribution in [0.2, 0.25) is 0 Å². The molecule has 0 atom stereocenters. The molecule has 22 heavy (non-hydrogen) atoms. The molecule has 0 saturated carbocycles. The van der Waals surface area contributed by atoms with E-state index in [-0.39, 0.29) is 0 Å². The fraction of sp³-hybridized carbons (Fsp3) is 0.625. The smallest absolute Gasteiger partial charge is 0.146 e. The summed E-state index contributed by atoms with van der Waals surface area (Å²) in [4.78, 5) is 14.7. The first-order valence-corrected chi connectivity index (χ1v) is 8.96. The number of thiophene rings is 1. The van der Waals surface area contributed by atoms with Crippen LogP contribution in [0, 0.1) is 0 Å². The van der Waals surface area contributed by atoms with Crippen LogP contribution in [0.15, 0.2) is 0 Å². The number of morpholine rings is 1. The molecule has 118 valence electrons. The molecule has 2 aromatic heterocycles. The van der Waals surface area contributed by atoms with Crippen molar-refractivity contribution in [2.75, 3.05) is 38.7 Å². The van der Waals surface area contributed by atoms with Crippen LogP contribution in [0.5, 0.6) is 0 Å². The molecule has 3 heterocycles. The SMILES string of the molecule is CNc1nc(CN2CCOCC2)nc2sc3c(c12)CCCC3. The number of aryl methyl sites for hydroxylation is 2. The Bertz CT molecular complexity index is 678. The summed E-state index contributed by atoms with van der Waals surface area (Å²) in [5.41, 5.74) is 1.49. The number of anilines is 1. The number of ether oxygens (including phenoxy) is 1. The molecule has 4 rings (SSSR count). The van der Waals surface area contributed by atoms with Crippen molar-refractivity contribution in [1.82, 2.24) is 14.9 Å². The summed E-state index contributed by atoms with van der Waals surface area (Å²) in [7, 11) is 1.97. The minimum absolute atomic E-state index is 0.814. The number of hydrogen-bond donors (Lipinski definition) is 1. The van der Waals surface area contributed by atoms with Gasteiger partial charge >= 0.3 is 0 Å². The molecule has 1 aliphatic heterocycles. The number of nitrogens with one attached hydrogen (secondary N) is 1. The molecular formula is C16H22N4OS. The summed E-state index contributed by atoms with van der Waals surface area (Å²) in [6.07, 6.45) is 4.98. The highest BCUT2D eigenvalue weighted by atomic mass is 32.1. The van der Waals surface area contributed by atoms with Crippen LogP contribution in [0.4, 0.5) is 5.82 Å². The first-order valence-electron chi connectivity index (χ1n) is 8.14. The van der Waals surface area contributed by atoms with Gasteiger partial charge in [0.1, 0.15) is 16.5 Å². The molecule has 2 aromatic rings. The summed E-state index contributed by atoms with van der Waals surface area (Å²) in [6, 6.07) is 0. The Balaban J connectivity index is 1.71. The summed E-state index contributed by atoms with van der Waals surface area (Å²) in [6.45, 7) is 4.38. The van der Waals surface area contributed by atoms with Gasteiger partial charge in [-0.25, -0.2) is 9.97 Å². The standard InChI is InChI=1S/C16H22N4OS/c1-17-15-14-11-4-2-3-5-12(11)22-16(14)19-13(18-15)10-20-6-8-21-9-7-20/h2-10H2,1H3,(H,17,18,19). The lowest BCUT2D eigenvalue weighted by atomic mass is 9.97. The Morgan fingerprint density at radius 3 is 2.82 bits per heavy atom. The number of fused-ring (bicyclic) bond motifs is 3. The fourth-order valence-electron chi connectivity index (χ4n) is 3.41. The van der Waals surface area contributed by atoms with Gasteiger partial charge in [-0.3, -0.25) is 4.90 Å². The normalized spacial score (nSPS) is 19.3. The number of nitrogens with zero attached hydrogens (tertiary/aromatic N) is 3. The van der Waals surface area contributed by atoms with Crippen LogP contribution in [0.3, 0.4) is 0 Å². The highest BCUT2D eigenvalue weighted by Crippen LogP contribution is 2.38. The Labute approximate surface area is 134 Å². The summed E-state index contributed by atoms with van der Waals surface area (Å²) in [5.74, 6) is 1.94. The maximum absolute atomic E-state index is 5.41. The van der Waals surface area contributed by atoms with Crippen LogP contribution < -0.4 is 5.32 Å². The molecule has 0 unspecified atom stereocenters. The van der Waals surface area contributed by atoms with Crippen molar-refractivity contribution in [3.05, 3.63) is 16.3 Å². The van der Waals surface area contributed by atoms with E-state index >= 15 is 0 Å². The van der Waals surface area contributed by atoms with Gasteiger partial charge in [0.2, 0.25) is 0 Å². The summed E-state index contributed by atoms with van der Waals surface area (Å²) >= 11 is 1.87. The number of rotatable bonds is 3. The van der Waals surface area contributed by atoms with Crippen molar-refractivity contribution in [3.8, 4) is 0 Å². The van der Waals surface area contributed by atoms with Crippen molar-refractivity contribution < 1.29 is 4.74 Å². The fourth-order valence-corrected chi connectivity index (χ4v) is 4.69. The topological polar surface area (TPSA) is 50.3 Å². The number of hydrogen-bond acceptors (Lipinski definition) is 6. The molecule has 0 amide bonds. The van der Waals surface area contributed by atoms with E-state index in [9.17, 15) is 0 Å². The van der Waals surface area contributed by atoms with Crippen LogP contribution >= 0.6 is 11.3 Å². The van der Waals surface area contributed by atoms with Crippen molar-refractivity contribution in [3.63, 3.8) is 0 Å². The van der Waals surface area contributed by atoms with Crippen LogP contribution in [0.1, 0.15) is 29.1 Å². The van der Waals surface area contributed by atoms with Gasteiger partial charge in [0.25, 0.3) is 0 Å². The molecule has 2 aliphatic rings. The number of aromatic nitrogens is 2. The van der Waals surface area contributed by atoms with Gasteiger partial charge in [-0.2, -0.15) is 0 Å². The third kappa shape index (κ3) is 2.59. The molecule has 1 aliphatic carbocycles. The first-order chi connectivity index (χ1) is 10.8. The Morgan fingerprint density at radius 1 is 1.18 bits per heavy atom. The van der Waals surface area contributed by atoms with E-state index in [1.54, 1.807) is 0 Å². The van der Waals surface area contributed by atoms with E-state index < -0.39 is 0 Å². The largest absolute Gasteiger partial charge is 0.379 e. The second-order valence-corrected chi connectivity index (χ2v) is 7.10. The van der Waals surface area contributed by atoms with Gasteiger partial charge in [-0.15, -0.1) is 11.3 Å². The molecule has 5 nitrogen and oxygen atoms in total. The monoisotopic (exact) mass is 318 g/mol. The maximum atomic E-state index is 5.41. The van der Waals surface area contributed by atoms with Gasteiger partial charge in [-0.05, 0) is 31.2 Å². The van der Waals surface area contributed by atoms with E-state index in [1.807, 2.05) is 18.4 Å². The zero-order valence-electron chi connectivity index (χ0n) is 13.0. The van der Waals surface area contributed by atoms with E-state index in [1.165, 1.54) is 41.5 Å². The average molecular weight is 318 g/mol. The lowest BCUT2D eigenvalue weighted by Gasteiger charge is -2.25. The Morgan fingerprint density at radius 2 is 2.00 bits per heavy atom. The maximum Gasteiger partial charge on any atom is 0.146 e. The van der Waals surface area contributed by atoms with Crippen molar-refractivity contribution in [2.45, 2.75) is 32.2 Å². The zero-order chi connectivity index (χ0) is 14.9. The molecule has 1 N–H and O–H groups in total. The van der Waals surface area contributed by atoms with Crippen molar-refractivity contribution in [1.29, 1.82) is 0 Å². The molecule has 1 fully saturated rings. The Hall–Kier alpha value is -1.24. The molecule has 0 bridgehead atoms. The summed E-state index contributed by atoms with van der Waals surface area (Å²) in [5, 5.41) is 4.57. The van der Waals surface area contributed by atoms with Crippen molar-refractivity contribution in [2.24, 2.45) is 0 Å². The Kier molecular flexibility index (Phi) is 3.98. The zero-order valence-corrected chi connectivity index (χ0v) is 13.8. The quantitative estimate of drug-likeness (QED) is 0.942. The van der Waals surface area contributed by atoms with Crippen LogP contribution in [-0.4, -0.2) is 48.2 Å². The second-order valence-electron chi connectivity index (χ2n) is 6.02. The second kappa shape index (κ2) is 6.10. The molecule has 0 spiro atoms. The predicted octanol–water partition coefficient (Wildman–Crippen LogP) is 2.44. The molecule has 6 heteroatoms. The third-order valence-corrected chi connectivity index (χ3v) is 5.75. The van der Waals surface area contributed by atoms with Gasteiger partial charge < -0.3 is 10.1 Å². The summed E-state index contributed by atoms with van der Waals surface area (Å²) < 4.78 is 5.41. The van der Waals surface area contributed by atoms with E-state index in [2.05, 4.69) is 10.2 Å². The van der Waals surface area contributed by atoms with Crippen LogP contribution in [0.25, 0.3) is 10.2 Å². The molecule has 0 aromatic carbocycles. The van der Waals surface area contributed by atoms with Gasteiger partial charge in [0.15, 0.2) is 0 Å². The third-order valence-electron chi connectivity index (χ3n) is 4.57. The minimum Gasteiger partial charge on any atom is -0.379 e. The minimum atomic E-state index is 0.814. The average Bonchev–Trinajstić information content (AvgIpc) is 2.93. The van der Waals surface area contributed by atoms with Gasteiger partial charge in [0, 0.05) is 25.0 Å². The first kappa shape index (κ1) is 14.4. The highest BCUT2D eigenvalue weighted by Gasteiger charge is 2.21. The molecular weight excluding hydrogens is 296 g/mol. The van der Waals surface area contributed by atoms with Crippen LogP contribution in [-0.2, 0) is 24.1 Å².